The standard InChI is InChI=1S/C16H18ClNO3/c1-9-4-11(6-12(17)5-9)15(19)18-7-13(10-2-3-10)14(8-18)16(20)21/h4-6,10,13-14H,2-3,7-8H2,1H3,(H,20,21)/t13-,14+/m1/s1. The maximum Gasteiger partial charge on any atom is 0.308 e. The third kappa shape index (κ3) is 2.91. The van der Waals surface area contributed by atoms with Crippen LogP contribution < -0.4 is 0 Å². The van der Waals surface area contributed by atoms with Crippen LogP contribution in [-0.2, 0) is 4.79 Å². The number of amides is 1. The number of hydrogen-bond donors (Lipinski definition) is 1. The number of aryl methyl sites for hydroxylation is 1. The summed E-state index contributed by atoms with van der Waals surface area (Å²) in [6.07, 6.45) is 2.18. The van der Waals surface area contributed by atoms with Gasteiger partial charge in [0.05, 0.1) is 5.92 Å². The average Bonchev–Trinajstić information content (AvgIpc) is 3.15. The molecule has 3 rings (SSSR count). The topological polar surface area (TPSA) is 57.6 Å². The Bertz CT molecular complexity index is 577. The Balaban J connectivity index is 1.80. The molecule has 1 N–H and O–H groups in total. The summed E-state index contributed by atoms with van der Waals surface area (Å²) < 4.78 is 0. The molecule has 2 atom stereocenters. The molecule has 0 unspecified atom stereocenters. The van der Waals surface area contributed by atoms with E-state index < -0.39 is 11.9 Å². The van der Waals surface area contributed by atoms with Gasteiger partial charge >= 0.3 is 5.97 Å². The first-order chi connectivity index (χ1) is 9.95. The van der Waals surface area contributed by atoms with Crippen LogP contribution >= 0.6 is 11.6 Å². The van der Waals surface area contributed by atoms with Gasteiger partial charge in [-0.1, -0.05) is 11.6 Å². The summed E-state index contributed by atoms with van der Waals surface area (Å²) in [7, 11) is 0. The molecule has 5 heteroatoms. The zero-order valence-corrected chi connectivity index (χ0v) is 12.6. The van der Waals surface area contributed by atoms with Gasteiger partial charge in [-0.05, 0) is 55.4 Å². The molecule has 1 aromatic carbocycles. The number of benzene rings is 1. The molecule has 1 aromatic rings. The van der Waals surface area contributed by atoms with Crippen LogP contribution in [0.4, 0.5) is 0 Å². The molecule has 0 radical (unpaired) electrons. The highest BCUT2D eigenvalue weighted by Crippen LogP contribution is 2.44. The number of rotatable bonds is 3. The van der Waals surface area contributed by atoms with Crippen molar-refractivity contribution in [3.05, 3.63) is 34.3 Å². The van der Waals surface area contributed by atoms with Crippen molar-refractivity contribution in [2.75, 3.05) is 13.1 Å². The van der Waals surface area contributed by atoms with Gasteiger partial charge in [-0.2, -0.15) is 0 Å². The fourth-order valence-corrected chi connectivity index (χ4v) is 3.59. The van der Waals surface area contributed by atoms with Gasteiger partial charge in [-0.15, -0.1) is 0 Å². The normalized spacial score (nSPS) is 25.1. The van der Waals surface area contributed by atoms with Crippen LogP contribution in [0.1, 0.15) is 28.8 Å². The van der Waals surface area contributed by atoms with E-state index >= 15 is 0 Å². The molecule has 21 heavy (non-hydrogen) atoms. The van der Waals surface area contributed by atoms with E-state index in [0.29, 0.717) is 29.6 Å². The fraction of sp³-hybridized carbons (Fsp3) is 0.500. The van der Waals surface area contributed by atoms with E-state index in [1.54, 1.807) is 23.1 Å². The van der Waals surface area contributed by atoms with E-state index in [9.17, 15) is 14.7 Å². The van der Waals surface area contributed by atoms with Crippen molar-refractivity contribution in [3.8, 4) is 0 Å². The number of aliphatic carboxylic acids is 1. The molecule has 1 aliphatic heterocycles. The summed E-state index contributed by atoms with van der Waals surface area (Å²) in [5.41, 5.74) is 1.47. The second-order valence-electron chi connectivity index (χ2n) is 6.17. The predicted octanol–water partition coefficient (Wildman–Crippen LogP) is 2.83. The number of carboxylic acid groups (broad SMARTS) is 1. The van der Waals surface area contributed by atoms with E-state index in [0.717, 1.165) is 18.4 Å². The minimum Gasteiger partial charge on any atom is -0.481 e. The molecule has 4 nitrogen and oxygen atoms in total. The summed E-state index contributed by atoms with van der Waals surface area (Å²) in [6.45, 7) is 2.74. The molecule has 1 amide bonds. The first-order valence-electron chi connectivity index (χ1n) is 7.25. The molecule has 1 saturated carbocycles. The maximum absolute atomic E-state index is 12.6. The Labute approximate surface area is 128 Å². The summed E-state index contributed by atoms with van der Waals surface area (Å²) in [5, 5.41) is 9.89. The van der Waals surface area contributed by atoms with Crippen LogP contribution in [0, 0.1) is 24.7 Å². The van der Waals surface area contributed by atoms with Crippen LogP contribution in [0.3, 0.4) is 0 Å². The van der Waals surface area contributed by atoms with E-state index in [1.165, 1.54) is 0 Å². The lowest BCUT2D eigenvalue weighted by Gasteiger charge is -2.17. The molecular formula is C16H18ClNO3. The lowest BCUT2D eigenvalue weighted by Crippen LogP contribution is -2.30. The first-order valence-corrected chi connectivity index (χ1v) is 7.63. The Hall–Kier alpha value is -1.55. The molecular weight excluding hydrogens is 290 g/mol. The number of likely N-dealkylation sites (tertiary alicyclic amines) is 1. The molecule has 1 heterocycles. The van der Waals surface area contributed by atoms with Crippen molar-refractivity contribution < 1.29 is 14.7 Å². The molecule has 2 aliphatic rings. The van der Waals surface area contributed by atoms with E-state index in [-0.39, 0.29) is 11.8 Å². The van der Waals surface area contributed by atoms with Gasteiger partial charge in [-0.3, -0.25) is 9.59 Å². The summed E-state index contributed by atoms with van der Waals surface area (Å²) >= 11 is 6.00. The zero-order valence-electron chi connectivity index (χ0n) is 11.9. The van der Waals surface area contributed by atoms with Crippen molar-refractivity contribution in [1.29, 1.82) is 0 Å². The van der Waals surface area contributed by atoms with Crippen molar-refractivity contribution in [2.45, 2.75) is 19.8 Å². The highest BCUT2D eigenvalue weighted by molar-refractivity contribution is 6.31. The van der Waals surface area contributed by atoms with Crippen LogP contribution in [0.15, 0.2) is 18.2 Å². The van der Waals surface area contributed by atoms with E-state index in [2.05, 4.69) is 0 Å². The van der Waals surface area contributed by atoms with Gasteiger partial charge in [0, 0.05) is 23.7 Å². The quantitative estimate of drug-likeness (QED) is 0.934. The molecule has 0 spiro atoms. The molecule has 1 saturated heterocycles. The van der Waals surface area contributed by atoms with Crippen molar-refractivity contribution >= 4 is 23.5 Å². The van der Waals surface area contributed by atoms with Crippen LogP contribution in [-0.4, -0.2) is 35.0 Å². The first kappa shape index (κ1) is 14.4. The highest BCUT2D eigenvalue weighted by atomic mass is 35.5. The van der Waals surface area contributed by atoms with E-state index in [1.807, 2.05) is 6.92 Å². The molecule has 2 fully saturated rings. The molecule has 0 bridgehead atoms. The smallest absolute Gasteiger partial charge is 0.308 e. The SMILES string of the molecule is Cc1cc(Cl)cc(C(=O)N2C[C@H](C(=O)O)[C@@H](C3CC3)C2)c1. The second-order valence-corrected chi connectivity index (χ2v) is 6.61. The third-order valence-corrected chi connectivity index (χ3v) is 4.70. The van der Waals surface area contributed by atoms with Gasteiger partial charge < -0.3 is 10.0 Å². The molecule has 112 valence electrons. The van der Waals surface area contributed by atoms with Gasteiger partial charge in [0.1, 0.15) is 0 Å². The summed E-state index contributed by atoms with van der Waals surface area (Å²) in [4.78, 5) is 25.7. The van der Waals surface area contributed by atoms with Crippen LogP contribution in [0.2, 0.25) is 5.02 Å². The Morgan fingerprint density at radius 1 is 1.24 bits per heavy atom. The number of halogens is 1. The van der Waals surface area contributed by atoms with Crippen LogP contribution in [0.25, 0.3) is 0 Å². The minimum absolute atomic E-state index is 0.103. The van der Waals surface area contributed by atoms with E-state index in [4.69, 9.17) is 11.6 Å². The molecule has 0 aromatic heterocycles. The van der Waals surface area contributed by atoms with Crippen LogP contribution in [0.5, 0.6) is 0 Å². The number of carbonyl (C=O) groups is 2. The predicted molar refractivity (Wildman–Crippen MR) is 79.4 cm³/mol. The van der Waals surface area contributed by atoms with Crippen molar-refractivity contribution in [3.63, 3.8) is 0 Å². The minimum atomic E-state index is -0.788. The average molecular weight is 308 g/mol. The zero-order chi connectivity index (χ0) is 15.1. The summed E-state index contributed by atoms with van der Waals surface area (Å²) in [6, 6.07) is 5.25. The molecule has 1 aliphatic carbocycles. The Morgan fingerprint density at radius 2 is 1.95 bits per heavy atom. The largest absolute Gasteiger partial charge is 0.481 e. The maximum atomic E-state index is 12.6. The van der Waals surface area contributed by atoms with Gasteiger partial charge in [0.2, 0.25) is 0 Å². The fourth-order valence-electron chi connectivity index (χ4n) is 3.30. The van der Waals surface area contributed by atoms with Gasteiger partial charge in [0.25, 0.3) is 5.91 Å². The highest BCUT2D eigenvalue weighted by Gasteiger charge is 2.46. The Kier molecular flexibility index (Phi) is 3.66. The lowest BCUT2D eigenvalue weighted by atomic mass is 9.92. The second kappa shape index (κ2) is 5.34. The third-order valence-electron chi connectivity index (χ3n) is 4.49. The monoisotopic (exact) mass is 307 g/mol. The van der Waals surface area contributed by atoms with Gasteiger partial charge in [-0.25, -0.2) is 0 Å². The lowest BCUT2D eigenvalue weighted by molar-refractivity contribution is -0.142. The number of carboxylic acids is 1. The number of carbonyl (C=O) groups excluding carboxylic acids is 1. The van der Waals surface area contributed by atoms with Crippen molar-refractivity contribution in [1.82, 2.24) is 4.90 Å². The summed E-state index contributed by atoms with van der Waals surface area (Å²) in [5.74, 6) is -0.752. The number of nitrogens with zero attached hydrogens (tertiary/aromatic N) is 1. The van der Waals surface area contributed by atoms with Gasteiger partial charge in [0.15, 0.2) is 0 Å². The number of hydrogen-bond acceptors (Lipinski definition) is 2. The Morgan fingerprint density at radius 3 is 2.52 bits per heavy atom. The van der Waals surface area contributed by atoms with Crippen molar-refractivity contribution in [2.24, 2.45) is 17.8 Å².